The van der Waals surface area contributed by atoms with E-state index in [1.54, 1.807) is 13.8 Å². The summed E-state index contributed by atoms with van der Waals surface area (Å²) in [5.41, 5.74) is -1.64. The lowest BCUT2D eigenvalue weighted by molar-refractivity contribution is -0.360. The maximum atomic E-state index is 13.8. The minimum Gasteiger partial charge on any atom is -0.461 e. The average molecular weight is 522 g/mol. The van der Waals surface area contributed by atoms with Crippen LogP contribution in [0.5, 0.6) is 0 Å². The predicted octanol–water partition coefficient (Wildman–Crippen LogP) is 3.95. The molecule has 0 amide bonds. The van der Waals surface area contributed by atoms with Crippen LogP contribution in [0.25, 0.3) is 0 Å². The standard InChI is InChI=1S/C17H25F7O8S/c1-6-30-12(26)15(16(20,21)22,32-11(25)13(4,5)9-10(2)3)31-8-7-14(18,19)17(23,24)33(27,28)29/h10H,6-9H2,1-5H3,(H,27,28,29). The zero-order chi connectivity index (χ0) is 26.7. The number of hydrogen-bond donors (Lipinski definition) is 1. The molecule has 33 heavy (non-hydrogen) atoms. The second-order valence-corrected chi connectivity index (χ2v) is 9.46. The van der Waals surface area contributed by atoms with Crippen molar-refractivity contribution in [2.75, 3.05) is 13.2 Å². The van der Waals surface area contributed by atoms with Crippen molar-refractivity contribution in [1.29, 1.82) is 0 Å². The van der Waals surface area contributed by atoms with E-state index < -0.39 is 70.2 Å². The van der Waals surface area contributed by atoms with Gasteiger partial charge in [-0.2, -0.15) is 39.2 Å². The van der Waals surface area contributed by atoms with E-state index in [-0.39, 0.29) is 12.3 Å². The van der Waals surface area contributed by atoms with Gasteiger partial charge in [0.25, 0.3) is 0 Å². The van der Waals surface area contributed by atoms with Crippen molar-refractivity contribution >= 4 is 22.1 Å². The molecule has 8 nitrogen and oxygen atoms in total. The lowest BCUT2D eigenvalue weighted by Gasteiger charge is -2.35. The summed E-state index contributed by atoms with van der Waals surface area (Å²) in [5, 5.41) is -6.09. The number of hydrogen-bond acceptors (Lipinski definition) is 7. The Morgan fingerprint density at radius 1 is 0.970 bits per heavy atom. The first-order valence-corrected chi connectivity index (χ1v) is 10.8. The molecule has 0 aromatic carbocycles. The molecule has 0 aliphatic carbocycles. The van der Waals surface area contributed by atoms with E-state index in [2.05, 4.69) is 14.2 Å². The molecule has 0 aromatic rings. The molecule has 0 bridgehead atoms. The Balaban J connectivity index is 6.16. The molecule has 0 aliphatic rings. The molecular weight excluding hydrogens is 497 g/mol. The highest BCUT2D eigenvalue weighted by atomic mass is 32.2. The Bertz CT molecular complexity index is 809. The second kappa shape index (κ2) is 10.3. The maximum Gasteiger partial charge on any atom is 0.468 e. The summed E-state index contributed by atoms with van der Waals surface area (Å²) >= 11 is 0. The van der Waals surface area contributed by atoms with E-state index in [1.807, 2.05) is 0 Å². The molecule has 1 unspecified atom stereocenters. The molecule has 1 N–H and O–H groups in total. The second-order valence-electron chi connectivity index (χ2n) is 8.00. The molecule has 0 spiro atoms. The number of rotatable bonds is 12. The van der Waals surface area contributed by atoms with Gasteiger partial charge in [0, 0.05) is 6.42 Å². The third kappa shape index (κ3) is 7.15. The van der Waals surface area contributed by atoms with Crippen LogP contribution in [0.3, 0.4) is 0 Å². The van der Waals surface area contributed by atoms with Gasteiger partial charge >= 0.3 is 45.2 Å². The van der Waals surface area contributed by atoms with E-state index in [4.69, 9.17) is 4.55 Å². The SMILES string of the molecule is CCOC(=O)C(OCCC(F)(F)C(F)(F)S(=O)(=O)O)(OC(=O)C(C)(C)CC(C)C)C(F)(F)F. The number of esters is 2. The molecule has 0 rings (SSSR count). The van der Waals surface area contributed by atoms with Crippen molar-refractivity contribution in [3.05, 3.63) is 0 Å². The normalized spacial score (nSPS) is 15.8. The highest BCUT2D eigenvalue weighted by Crippen LogP contribution is 2.43. The van der Waals surface area contributed by atoms with Crippen LogP contribution >= 0.6 is 0 Å². The van der Waals surface area contributed by atoms with Gasteiger partial charge in [-0.15, -0.1) is 0 Å². The van der Waals surface area contributed by atoms with Crippen molar-refractivity contribution in [1.82, 2.24) is 0 Å². The van der Waals surface area contributed by atoms with Gasteiger partial charge in [-0.1, -0.05) is 13.8 Å². The predicted molar refractivity (Wildman–Crippen MR) is 96.8 cm³/mol. The van der Waals surface area contributed by atoms with Gasteiger partial charge in [0.15, 0.2) is 0 Å². The summed E-state index contributed by atoms with van der Waals surface area (Å²) < 4.78 is 137. The van der Waals surface area contributed by atoms with Gasteiger partial charge in [0.1, 0.15) is 0 Å². The number of carbonyl (C=O) groups excluding carboxylic acids is 2. The van der Waals surface area contributed by atoms with E-state index in [0.717, 1.165) is 6.92 Å². The summed E-state index contributed by atoms with van der Waals surface area (Å²) in [6.07, 6.45) is -8.39. The fourth-order valence-corrected chi connectivity index (χ4v) is 3.12. The van der Waals surface area contributed by atoms with Crippen LogP contribution in [0.2, 0.25) is 0 Å². The Morgan fingerprint density at radius 2 is 1.45 bits per heavy atom. The summed E-state index contributed by atoms with van der Waals surface area (Å²) in [7, 11) is -6.67. The molecule has 0 aliphatic heterocycles. The van der Waals surface area contributed by atoms with E-state index >= 15 is 0 Å². The first-order chi connectivity index (χ1) is 14.5. The average Bonchev–Trinajstić information content (AvgIpc) is 2.57. The minimum atomic E-state index is -6.67. The highest BCUT2D eigenvalue weighted by Gasteiger charge is 2.70. The quantitative estimate of drug-likeness (QED) is 0.177. The molecule has 0 saturated heterocycles. The molecule has 0 radical (unpaired) electrons. The fourth-order valence-electron chi connectivity index (χ4n) is 2.64. The topological polar surface area (TPSA) is 116 Å². The maximum absolute atomic E-state index is 13.8. The summed E-state index contributed by atoms with van der Waals surface area (Å²) in [6, 6.07) is 0. The van der Waals surface area contributed by atoms with E-state index in [0.29, 0.717) is 0 Å². The summed E-state index contributed by atoms with van der Waals surface area (Å²) in [6.45, 7) is 3.87. The number of carbonyl (C=O) groups is 2. The number of alkyl halides is 7. The van der Waals surface area contributed by atoms with Gasteiger partial charge < -0.3 is 14.2 Å². The van der Waals surface area contributed by atoms with Crippen LogP contribution < -0.4 is 0 Å². The van der Waals surface area contributed by atoms with E-state index in [9.17, 15) is 48.7 Å². The first kappa shape index (κ1) is 31.3. The Hall–Kier alpha value is -1.68. The fraction of sp³-hybridized carbons (Fsp3) is 0.882. The van der Waals surface area contributed by atoms with Crippen LogP contribution in [-0.4, -0.2) is 61.3 Å². The Kier molecular flexibility index (Phi) is 9.77. The molecular formula is C17H25F7O8S. The summed E-state index contributed by atoms with van der Waals surface area (Å²) in [4.78, 5) is 24.5. The lowest BCUT2D eigenvalue weighted by Crippen LogP contribution is -2.60. The van der Waals surface area contributed by atoms with Gasteiger partial charge in [-0.25, -0.2) is 4.79 Å². The minimum absolute atomic E-state index is 0.0404. The van der Waals surface area contributed by atoms with Crippen molar-refractivity contribution in [3.8, 4) is 0 Å². The molecule has 0 saturated carbocycles. The van der Waals surface area contributed by atoms with Crippen LogP contribution in [0, 0.1) is 11.3 Å². The largest absolute Gasteiger partial charge is 0.468 e. The molecule has 0 heterocycles. The van der Waals surface area contributed by atoms with Crippen LogP contribution in [0.1, 0.15) is 47.5 Å². The molecule has 1 atom stereocenters. The zero-order valence-electron chi connectivity index (χ0n) is 18.3. The molecule has 16 heteroatoms. The zero-order valence-corrected chi connectivity index (χ0v) is 19.1. The van der Waals surface area contributed by atoms with Crippen molar-refractivity contribution in [3.63, 3.8) is 0 Å². The molecule has 0 fully saturated rings. The van der Waals surface area contributed by atoms with Crippen LogP contribution in [0.15, 0.2) is 0 Å². The van der Waals surface area contributed by atoms with Gasteiger partial charge in [-0.05, 0) is 33.1 Å². The smallest absolute Gasteiger partial charge is 0.461 e. The van der Waals surface area contributed by atoms with Crippen molar-refractivity contribution in [2.24, 2.45) is 11.3 Å². The Labute approximate surface area is 185 Å². The molecule has 196 valence electrons. The monoisotopic (exact) mass is 522 g/mol. The van der Waals surface area contributed by atoms with Crippen LogP contribution in [-0.2, 0) is 33.9 Å². The highest BCUT2D eigenvalue weighted by molar-refractivity contribution is 7.87. The number of halogens is 7. The summed E-state index contributed by atoms with van der Waals surface area (Å²) in [5.74, 6) is -14.5. The molecule has 0 aromatic heterocycles. The Morgan fingerprint density at radius 3 is 1.82 bits per heavy atom. The van der Waals surface area contributed by atoms with Crippen molar-refractivity contribution < 1.29 is 67.5 Å². The number of ether oxygens (including phenoxy) is 3. The first-order valence-electron chi connectivity index (χ1n) is 9.32. The third-order valence-corrected chi connectivity index (χ3v) is 5.04. The third-order valence-electron chi connectivity index (χ3n) is 4.10. The van der Waals surface area contributed by atoms with Gasteiger partial charge in [0.2, 0.25) is 0 Å². The lowest BCUT2D eigenvalue weighted by atomic mass is 9.84. The van der Waals surface area contributed by atoms with Gasteiger partial charge in [-0.3, -0.25) is 9.35 Å². The van der Waals surface area contributed by atoms with Gasteiger partial charge in [0.05, 0.1) is 18.6 Å². The van der Waals surface area contributed by atoms with Crippen LogP contribution in [0.4, 0.5) is 30.7 Å². The van der Waals surface area contributed by atoms with E-state index in [1.165, 1.54) is 13.8 Å². The van der Waals surface area contributed by atoms with Crippen molar-refractivity contribution in [2.45, 2.75) is 70.6 Å².